The highest BCUT2D eigenvalue weighted by Crippen LogP contribution is 2.40. The molecule has 39 heavy (non-hydrogen) atoms. The zero-order valence-electron chi connectivity index (χ0n) is 21.0. The number of benzene rings is 3. The maximum Gasteiger partial charge on any atom is 0.270 e. The van der Waals surface area contributed by atoms with Gasteiger partial charge >= 0.3 is 0 Å². The zero-order valence-corrected chi connectivity index (χ0v) is 23.4. The highest BCUT2D eigenvalue weighted by molar-refractivity contribution is 8.27. The second kappa shape index (κ2) is 13.0. The second-order valence-corrected chi connectivity index (χ2v) is 10.1. The summed E-state index contributed by atoms with van der Waals surface area (Å²) in [5.41, 5.74) is 1.26. The first-order valence-corrected chi connectivity index (χ1v) is 13.5. The molecule has 0 aromatic heterocycles. The number of para-hydroxylation sites is 1. The largest absolute Gasteiger partial charge is 0.494 e. The Morgan fingerprint density at radius 2 is 1.79 bits per heavy atom. The lowest BCUT2D eigenvalue weighted by Gasteiger charge is -2.15. The third-order valence-electron chi connectivity index (χ3n) is 5.32. The molecule has 1 saturated heterocycles. The van der Waals surface area contributed by atoms with Gasteiger partial charge in [0.15, 0.2) is 22.4 Å². The van der Waals surface area contributed by atoms with Crippen LogP contribution in [0.3, 0.4) is 0 Å². The van der Waals surface area contributed by atoms with Crippen molar-refractivity contribution in [3.63, 3.8) is 0 Å². The quantitative estimate of drug-likeness (QED) is 0.209. The predicted molar refractivity (Wildman–Crippen MR) is 156 cm³/mol. The summed E-state index contributed by atoms with van der Waals surface area (Å²) in [6.45, 7) is 4.11. The van der Waals surface area contributed by atoms with Crippen LogP contribution < -0.4 is 24.4 Å². The van der Waals surface area contributed by atoms with Crippen molar-refractivity contribution in [1.29, 1.82) is 0 Å². The Bertz CT molecular complexity index is 1430. The van der Waals surface area contributed by atoms with E-state index < -0.39 is 18.3 Å². The number of carbonyl (C=O) groups excluding carboxylic acids is 2. The molecule has 1 aliphatic heterocycles. The number of hydrogen-bond donors (Lipinski definition) is 1. The van der Waals surface area contributed by atoms with E-state index in [-0.39, 0.29) is 28.1 Å². The van der Waals surface area contributed by atoms with Crippen LogP contribution in [-0.4, -0.2) is 36.0 Å². The Kier molecular flexibility index (Phi) is 9.45. The lowest BCUT2D eigenvalue weighted by molar-refractivity contribution is -0.118. The zero-order chi connectivity index (χ0) is 27.9. The Balaban J connectivity index is 1.51. The molecule has 3 aromatic carbocycles. The van der Waals surface area contributed by atoms with Gasteiger partial charge < -0.3 is 19.5 Å². The number of halogens is 2. The van der Waals surface area contributed by atoms with Gasteiger partial charge in [0.05, 0.1) is 34.5 Å². The number of thioether (sulfide) groups is 1. The fourth-order valence-electron chi connectivity index (χ4n) is 3.66. The molecular weight excluding hydrogens is 563 g/mol. The van der Waals surface area contributed by atoms with Crippen LogP contribution in [0.5, 0.6) is 17.2 Å². The average Bonchev–Trinajstić information content (AvgIpc) is 3.18. The monoisotopic (exact) mass is 586 g/mol. The molecule has 7 nitrogen and oxygen atoms in total. The molecule has 0 aliphatic carbocycles. The van der Waals surface area contributed by atoms with Crippen LogP contribution in [0, 0.1) is 5.82 Å². The molecule has 4 rings (SSSR count). The molecule has 0 spiro atoms. The van der Waals surface area contributed by atoms with Crippen LogP contribution in [0.4, 0.5) is 15.8 Å². The summed E-state index contributed by atoms with van der Waals surface area (Å²) in [5, 5.41) is 2.62. The van der Waals surface area contributed by atoms with E-state index in [1.165, 1.54) is 34.9 Å². The Morgan fingerprint density at radius 3 is 2.49 bits per heavy atom. The summed E-state index contributed by atoms with van der Waals surface area (Å²) in [6.07, 6.45) is 1.66. The topological polar surface area (TPSA) is 77.1 Å². The number of hydrogen-bond acceptors (Lipinski definition) is 7. The van der Waals surface area contributed by atoms with E-state index in [1.807, 2.05) is 6.92 Å². The molecule has 0 atom stereocenters. The number of nitrogens with one attached hydrogen (secondary N) is 1. The molecule has 1 aliphatic rings. The van der Waals surface area contributed by atoms with E-state index in [2.05, 4.69) is 5.32 Å². The van der Waals surface area contributed by atoms with Gasteiger partial charge in [0, 0.05) is 0 Å². The van der Waals surface area contributed by atoms with E-state index in [0.717, 1.165) is 0 Å². The SMILES string of the molecule is CCOc1ccc(N2C(=O)/C(=C/c3cc(Cl)c(OCC(=O)Nc4ccccc4F)c(OCC)c3)SC2=S)cc1. The fraction of sp³-hybridized carbons (Fsp3) is 0.179. The molecule has 11 heteroatoms. The van der Waals surface area contributed by atoms with Crippen LogP contribution in [0.25, 0.3) is 6.08 Å². The Labute approximate surface area is 239 Å². The highest BCUT2D eigenvalue weighted by Gasteiger charge is 2.33. The molecule has 0 saturated carbocycles. The van der Waals surface area contributed by atoms with Crippen molar-refractivity contribution < 1.29 is 28.2 Å². The minimum absolute atomic E-state index is 0.0418. The first kappa shape index (κ1) is 28.4. The smallest absolute Gasteiger partial charge is 0.270 e. The van der Waals surface area contributed by atoms with Crippen molar-refractivity contribution in [1.82, 2.24) is 0 Å². The molecule has 1 N–H and O–H groups in total. The summed E-state index contributed by atoms with van der Waals surface area (Å²) in [7, 11) is 0. The number of thiocarbonyl (C=S) groups is 1. The standard InChI is InChI=1S/C28H24ClFN2O5S2/c1-3-35-19-11-9-18(10-12-19)32-27(34)24(39-28(32)38)15-17-13-20(29)26(23(14-17)36-4-2)37-16-25(33)31-22-8-6-5-7-21(22)30/h5-15H,3-4,16H2,1-2H3,(H,31,33)/b24-15-. The number of ether oxygens (including phenoxy) is 3. The second-order valence-electron chi connectivity index (χ2n) is 8.02. The molecule has 0 bridgehead atoms. The van der Waals surface area contributed by atoms with Crippen molar-refractivity contribution in [2.45, 2.75) is 13.8 Å². The van der Waals surface area contributed by atoms with E-state index in [0.29, 0.717) is 39.4 Å². The summed E-state index contributed by atoms with van der Waals surface area (Å²) in [5.74, 6) is -0.254. The van der Waals surface area contributed by atoms with Gasteiger partial charge in [-0.2, -0.15) is 0 Å². The van der Waals surface area contributed by atoms with Gasteiger partial charge in [0.25, 0.3) is 11.8 Å². The number of nitrogens with zero attached hydrogens (tertiary/aromatic N) is 1. The number of rotatable bonds is 10. The number of amides is 2. The van der Waals surface area contributed by atoms with Crippen LogP contribution >= 0.6 is 35.6 Å². The van der Waals surface area contributed by atoms with Gasteiger partial charge in [0.2, 0.25) is 0 Å². The normalized spacial score (nSPS) is 14.1. The van der Waals surface area contributed by atoms with Gasteiger partial charge in [0.1, 0.15) is 11.6 Å². The number of carbonyl (C=O) groups is 2. The fourth-order valence-corrected chi connectivity index (χ4v) is 5.23. The van der Waals surface area contributed by atoms with E-state index in [9.17, 15) is 14.0 Å². The first-order chi connectivity index (χ1) is 18.8. The highest BCUT2D eigenvalue weighted by atomic mass is 35.5. The summed E-state index contributed by atoms with van der Waals surface area (Å²) >= 11 is 13.1. The predicted octanol–water partition coefficient (Wildman–Crippen LogP) is 6.70. The Morgan fingerprint density at radius 1 is 1.08 bits per heavy atom. The van der Waals surface area contributed by atoms with Gasteiger partial charge in [-0.15, -0.1) is 0 Å². The first-order valence-electron chi connectivity index (χ1n) is 11.9. The lowest BCUT2D eigenvalue weighted by atomic mass is 10.1. The maximum atomic E-state index is 13.8. The summed E-state index contributed by atoms with van der Waals surface area (Å²) < 4.78 is 31.0. The summed E-state index contributed by atoms with van der Waals surface area (Å²) in [4.78, 5) is 27.4. The van der Waals surface area contributed by atoms with Crippen molar-refractivity contribution in [3.8, 4) is 17.2 Å². The minimum atomic E-state index is -0.569. The molecule has 2 amide bonds. The molecular formula is C28H24ClFN2O5S2. The lowest BCUT2D eigenvalue weighted by Crippen LogP contribution is -2.27. The van der Waals surface area contributed by atoms with Gasteiger partial charge in [-0.3, -0.25) is 14.5 Å². The molecule has 0 unspecified atom stereocenters. The third kappa shape index (κ3) is 6.89. The minimum Gasteiger partial charge on any atom is -0.494 e. The molecule has 3 aromatic rings. The van der Waals surface area contributed by atoms with Crippen LogP contribution in [0.2, 0.25) is 5.02 Å². The maximum absolute atomic E-state index is 13.8. The Hall–Kier alpha value is -3.60. The van der Waals surface area contributed by atoms with Crippen molar-refractivity contribution in [2.24, 2.45) is 0 Å². The van der Waals surface area contributed by atoms with E-state index in [1.54, 1.807) is 55.5 Å². The van der Waals surface area contributed by atoms with Gasteiger partial charge in [-0.1, -0.05) is 47.7 Å². The molecule has 202 valence electrons. The van der Waals surface area contributed by atoms with E-state index in [4.69, 9.17) is 38.0 Å². The number of anilines is 2. The van der Waals surface area contributed by atoms with Crippen LogP contribution in [0.1, 0.15) is 19.4 Å². The van der Waals surface area contributed by atoms with Gasteiger partial charge in [-0.25, -0.2) is 4.39 Å². The van der Waals surface area contributed by atoms with Crippen molar-refractivity contribution in [3.05, 3.63) is 82.0 Å². The van der Waals surface area contributed by atoms with Crippen LogP contribution in [-0.2, 0) is 9.59 Å². The molecule has 1 fully saturated rings. The summed E-state index contributed by atoms with van der Waals surface area (Å²) in [6, 6.07) is 16.2. The van der Waals surface area contributed by atoms with Crippen molar-refractivity contribution in [2.75, 3.05) is 30.0 Å². The molecule has 0 radical (unpaired) electrons. The van der Waals surface area contributed by atoms with Crippen LogP contribution in [0.15, 0.2) is 65.6 Å². The van der Waals surface area contributed by atoms with Gasteiger partial charge in [-0.05, 0) is 74.0 Å². The van der Waals surface area contributed by atoms with E-state index >= 15 is 0 Å². The molecule has 1 heterocycles. The van der Waals surface area contributed by atoms with Crippen molar-refractivity contribution >= 4 is 69.2 Å². The third-order valence-corrected chi connectivity index (χ3v) is 6.91. The average molecular weight is 587 g/mol.